The smallest absolute Gasteiger partial charge is 0.0771 e. The molecule has 1 unspecified atom stereocenters. The molecule has 0 fully saturated rings. The number of halogens is 2. The van der Waals surface area contributed by atoms with Gasteiger partial charge in [0.15, 0.2) is 0 Å². The van der Waals surface area contributed by atoms with Crippen molar-refractivity contribution in [2.75, 3.05) is 0 Å². The molecule has 1 atom stereocenters. The molecule has 39 heavy (non-hydrogen) atoms. The fourth-order valence-electron chi connectivity index (χ4n) is 4.33. The third-order valence-electron chi connectivity index (χ3n) is 6.44. The molecule has 0 saturated carbocycles. The predicted octanol–water partition coefficient (Wildman–Crippen LogP) is 3.49. The van der Waals surface area contributed by atoms with Gasteiger partial charge in [-0.3, -0.25) is 6.08 Å². The summed E-state index contributed by atoms with van der Waals surface area (Å²) in [6, 6.07) is 40.4. The van der Waals surface area contributed by atoms with Crippen LogP contribution in [0.3, 0.4) is 0 Å². The first-order valence-electron chi connectivity index (χ1n) is 12.9. The fraction of sp³-hybridized carbons (Fsp3) is 0.167. The van der Waals surface area contributed by atoms with Crippen LogP contribution in [-0.2, 0) is 24.2 Å². The second kappa shape index (κ2) is 15.4. The van der Waals surface area contributed by atoms with E-state index >= 15 is 0 Å². The minimum Gasteiger partial charge on any atom is -0.126 e. The van der Waals surface area contributed by atoms with Crippen LogP contribution in [0.2, 0.25) is 0 Å². The van der Waals surface area contributed by atoms with E-state index in [2.05, 4.69) is 161 Å². The molecule has 0 bridgehead atoms. The molecule has 0 aliphatic heterocycles. The van der Waals surface area contributed by atoms with Gasteiger partial charge in [0.05, 0.1) is 0 Å². The Kier molecular flexibility index (Phi) is 12.9. The Hall–Kier alpha value is -2.44. The third kappa shape index (κ3) is 9.04. The minimum absolute atomic E-state index is 0. The number of allylic oxidation sites excluding steroid dienone is 4. The molecule has 5 aromatic carbocycles. The van der Waals surface area contributed by atoms with Crippen LogP contribution in [0.5, 0.6) is 0 Å². The summed E-state index contributed by atoms with van der Waals surface area (Å²) in [5.41, 5.74) is 4.38. The maximum absolute atomic E-state index is 3.26. The van der Waals surface area contributed by atoms with Gasteiger partial charge < -0.3 is 24.8 Å². The summed E-state index contributed by atoms with van der Waals surface area (Å²) < 4.78 is 1.42. The second-order valence-electron chi connectivity index (χ2n) is 10.4. The minimum atomic E-state index is 0. The summed E-state index contributed by atoms with van der Waals surface area (Å²) in [7, 11) is 0. The summed E-state index contributed by atoms with van der Waals surface area (Å²) in [6.07, 6.45) is 7.65. The van der Waals surface area contributed by atoms with Crippen LogP contribution in [0.4, 0.5) is 0 Å². The molecule has 198 valence electrons. The number of benzene rings is 4. The Morgan fingerprint density at radius 2 is 1.08 bits per heavy atom. The molecule has 0 aromatic heterocycles. The van der Waals surface area contributed by atoms with Gasteiger partial charge in [-0.2, -0.15) is 11.6 Å². The van der Waals surface area contributed by atoms with Crippen LogP contribution < -0.4 is 24.8 Å². The van der Waals surface area contributed by atoms with Crippen molar-refractivity contribution in [3.8, 4) is 0 Å². The van der Waals surface area contributed by atoms with E-state index < -0.39 is 0 Å². The first-order chi connectivity index (χ1) is 17.8. The van der Waals surface area contributed by atoms with Crippen molar-refractivity contribution >= 4 is 24.8 Å². The van der Waals surface area contributed by atoms with Crippen LogP contribution in [-0.4, -0.2) is 3.21 Å². The molecule has 1 aliphatic rings. The number of hydrogen-bond acceptors (Lipinski definition) is 0. The number of fused-ring (bicyclic) bond motifs is 3. The monoisotopic (exact) mass is 626 g/mol. The molecule has 0 N–H and O–H groups in total. The molecule has 0 radical (unpaired) electrons. The van der Waals surface area contributed by atoms with Gasteiger partial charge in [0.2, 0.25) is 0 Å². The van der Waals surface area contributed by atoms with Crippen molar-refractivity contribution in [2.45, 2.75) is 27.7 Å². The average molecular weight is 629 g/mol. The van der Waals surface area contributed by atoms with Crippen molar-refractivity contribution in [1.82, 2.24) is 0 Å². The van der Waals surface area contributed by atoms with Crippen LogP contribution in [0.15, 0.2) is 133 Å². The van der Waals surface area contributed by atoms with E-state index in [0.717, 1.165) is 0 Å². The van der Waals surface area contributed by atoms with E-state index in [1.54, 1.807) is 0 Å². The largest absolute Gasteiger partial charge is 0.126 e. The van der Waals surface area contributed by atoms with E-state index in [1.165, 1.54) is 65.7 Å². The Labute approximate surface area is 261 Å². The topological polar surface area (TPSA) is 0 Å². The standard InChI is InChI=1S/C13H9.C13H10.C10H15.2ClH.Zr/c1-3-7-12-10(5-1)9-11-6-2-4-8-13(11)12;1-3-7-12(8-4-1)11-13-9-5-2-6-10-13;1-8-5-6-9(7-8)10(2,3)4;;;/h1-9H;1-10H;6-8H,1-4H3;2*1H;/q-1;;-1;;;+2/p-2. The van der Waals surface area contributed by atoms with E-state index in [-0.39, 0.29) is 24.8 Å². The zero-order valence-electron chi connectivity index (χ0n) is 23.0. The molecule has 6 rings (SSSR count). The van der Waals surface area contributed by atoms with Gasteiger partial charge in [0.25, 0.3) is 0 Å². The predicted molar refractivity (Wildman–Crippen MR) is 158 cm³/mol. The second-order valence-corrected chi connectivity index (χ2v) is 11.6. The quantitative estimate of drug-likeness (QED) is 0.263. The summed E-state index contributed by atoms with van der Waals surface area (Å²) in [4.78, 5) is 0. The van der Waals surface area contributed by atoms with E-state index in [0.29, 0.717) is 11.3 Å². The van der Waals surface area contributed by atoms with Gasteiger partial charge in [-0.05, 0) is 0 Å². The van der Waals surface area contributed by atoms with Crippen LogP contribution in [0.25, 0.3) is 21.5 Å². The first-order valence-corrected chi connectivity index (χ1v) is 14.1. The van der Waals surface area contributed by atoms with Gasteiger partial charge in [-0.1, -0.05) is 75.4 Å². The van der Waals surface area contributed by atoms with Crippen LogP contribution in [0.1, 0.15) is 38.8 Å². The molecular formula is C36H34Cl2Zr-2. The van der Waals surface area contributed by atoms with Crippen LogP contribution >= 0.6 is 0 Å². The maximum Gasteiger partial charge on any atom is -0.0771 e. The third-order valence-corrected chi connectivity index (χ3v) is 7.86. The van der Waals surface area contributed by atoms with Crippen molar-refractivity contribution in [3.05, 3.63) is 150 Å². The maximum atomic E-state index is 3.26. The summed E-state index contributed by atoms with van der Waals surface area (Å²) in [6.45, 7) is 8.86. The van der Waals surface area contributed by atoms with E-state index in [9.17, 15) is 0 Å². The van der Waals surface area contributed by atoms with Gasteiger partial charge in [0, 0.05) is 0 Å². The van der Waals surface area contributed by atoms with E-state index in [1.807, 2.05) is 0 Å². The molecule has 0 spiro atoms. The molecule has 5 aromatic rings. The molecule has 3 heteroatoms. The summed E-state index contributed by atoms with van der Waals surface area (Å²) in [5.74, 6) is 0.522. The summed E-state index contributed by atoms with van der Waals surface area (Å²) >= 11 is 1.46. The van der Waals surface area contributed by atoms with Crippen molar-refractivity contribution in [1.29, 1.82) is 0 Å². The van der Waals surface area contributed by atoms with E-state index in [4.69, 9.17) is 0 Å². The first kappa shape index (κ1) is 32.8. The molecule has 0 nitrogen and oxygen atoms in total. The average Bonchev–Trinajstić information content (AvgIpc) is 3.54. The van der Waals surface area contributed by atoms with Crippen molar-refractivity contribution in [2.24, 2.45) is 11.3 Å². The van der Waals surface area contributed by atoms with Crippen molar-refractivity contribution < 1.29 is 49.0 Å². The van der Waals surface area contributed by atoms with Gasteiger partial charge in [-0.15, -0.1) is 39.7 Å². The Morgan fingerprint density at radius 3 is 1.44 bits per heavy atom. The molecule has 0 amide bonds. The van der Waals surface area contributed by atoms with Crippen LogP contribution in [0, 0.1) is 17.4 Å². The molecule has 0 heterocycles. The normalized spacial score (nSPS) is 13.7. The zero-order chi connectivity index (χ0) is 26.3. The molecule has 0 saturated heterocycles. The summed E-state index contributed by atoms with van der Waals surface area (Å²) in [5, 5.41) is 5.39. The Morgan fingerprint density at radius 1 is 0.667 bits per heavy atom. The van der Waals surface area contributed by atoms with Gasteiger partial charge in [-0.25, -0.2) is 6.08 Å². The fourth-order valence-corrected chi connectivity index (χ4v) is 5.15. The van der Waals surface area contributed by atoms with Gasteiger partial charge in [0.1, 0.15) is 0 Å². The zero-order valence-corrected chi connectivity index (χ0v) is 26.9. The number of hydrogen-bond donors (Lipinski definition) is 0. The number of rotatable bonds is 2. The van der Waals surface area contributed by atoms with Gasteiger partial charge >= 0.3 is 99.2 Å². The molecule has 1 aliphatic carbocycles. The molecular weight excluding hydrogens is 595 g/mol. The Balaban J connectivity index is 0.000000203. The van der Waals surface area contributed by atoms with Crippen molar-refractivity contribution in [3.63, 3.8) is 0 Å². The Bertz CT molecular complexity index is 1430. The SMILES string of the molecule is CC1[C-]=CC(C(C)(C)C)=C1.[Cl-].[Cl-].[Zr+2]=[C](c1ccccc1)c1ccccc1.c1ccc2c(c1)[cH-]c1ccccc12.